The van der Waals surface area contributed by atoms with E-state index in [4.69, 9.17) is 4.74 Å². The topological polar surface area (TPSA) is 21.3 Å². The first-order chi connectivity index (χ1) is 6.41. The van der Waals surface area contributed by atoms with E-state index in [0.717, 1.165) is 44.2 Å². The molecule has 78 valence electrons. The van der Waals surface area contributed by atoms with Crippen LogP contribution in [0.4, 0.5) is 0 Å². The van der Waals surface area contributed by atoms with E-state index in [1.54, 1.807) is 0 Å². The van der Waals surface area contributed by atoms with E-state index in [0.29, 0.717) is 0 Å². The highest BCUT2D eigenvalue weighted by molar-refractivity contribution is 7.99. The fourth-order valence-corrected chi connectivity index (χ4v) is 1.45. The summed E-state index contributed by atoms with van der Waals surface area (Å²) in [5, 5.41) is 3.32. The lowest BCUT2D eigenvalue weighted by molar-refractivity contribution is 0.137. The summed E-state index contributed by atoms with van der Waals surface area (Å²) in [5.41, 5.74) is 0. The number of hydrogen-bond acceptors (Lipinski definition) is 3. The van der Waals surface area contributed by atoms with Crippen LogP contribution in [0.25, 0.3) is 0 Å². The minimum absolute atomic E-state index is 0.833. The van der Waals surface area contributed by atoms with Crippen LogP contribution in [0.15, 0.2) is 12.7 Å². The molecule has 1 N–H and O–H groups in total. The van der Waals surface area contributed by atoms with Gasteiger partial charge in [-0.3, -0.25) is 0 Å². The molecular weight excluding hydrogens is 182 g/mol. The number of thioether (sulfide) groups is 1. The van der Waals surface area contributed by atoms with Crippen molar-refractivity contribution in [3.05, 3.63) is 12.7 Å². The van der Waals surface area contributed by atoms with Crippen molar-refractivity contribution in [3.8, 4) is 0 Å². The van der Waals surface area contributed by atoms with E-state index >= 15 is 0 Å². The summed E-state index contributed by atoms with van der Waals surface area (Å²) >= 11 is 1.90. The van der Waals surface area contributed by atoms with Gasteiger partial charge in [-0.05, 0) is 6.42 Å². The van der Waals surface area contributed by atoms with Gasteiger partial charge in [-0.2, -0.15) is 11.8 Å². The number of rotatable bonds is 10. The molecule has 0 atom stereocenters. The van der Waals surface area contributed by atoms with Gasteiger partial charge in [-0.25, -0.2) is 0 Å². The maximum atomic E-state index is 5.33. The third-order valence-electron chi connectivity index (χ3n) is 1.43. The van der Waals surface area contributed by atoms with Crippen LogP contribution in [0.5, 0.6) is 0 Å². The summed E-state index contributed by atoms with van der Waals surface area (Å²) < 4.78 is 5.33. The van der Waals surface area contributed by atoms with Crippen molar-refractivity contribution in [3.63, 3.8) is 0 Å². The molecule has 0 spiro atoms. The SMILES string of the molecule is C=CCSCCNCCOCCC. The molecule has 0 aliphatic carbocycles. The zero-order valence-electron chi connectivity index (χ0n) is 8.55. The smallest absolute Gasteiger partial charge is 0.0590 e. The molecule has 13 heavy (non-hydrogen) atoms. The van der Waals surface area contributed by atoms with E-state index in [1.165, 1.54) is 0 Å². The second-order valence-electron chi connectivity index (χ2n) is 2.73. The van der Waals surface area contributed by atoms with Gasteiger partial charge in [0.1, 0.15) is 0 Å². The van der Waals surface area contributed by atoms with Gasteiger partial charge in [0.2, 0.25) is 0 Å². The molecule has 0 heterocycles. The molecule has 0 saturated carbocycles. The average molecular weight is 203 g/mol. The third-order valence-corrected chi connectivity index (χ3v) is 2.39. The lowest BCUT2D eigenvalue weighted by atomic mass is 10.5. The first-order valence-electron chi connectivity index (χ1n) is 4.89. The zero-order valence-corrected chi connectivity index (χ0v) is 9.37. The summed E-state index contributed by atoms with van der Waals surface area (Å²) in [6.45, 7) is 9.54. The van der Waals surface area contributed by atoms with Crippen molar-refractivity contribution >= 4 is 11.8 Å². The Morgan fingerprint density at radius 1 is 1.38 bits per heavy atom. The van der Waals surface area contributed by atoms with Crippen molar-refractivity contribution in [1.29, 1.82) is 0 Å². The van der Waals surface area contributed by atoms with Gasteiger partial charge in [0.05, 0.1) is 6.61 Å². The normalized spacial score (nSPS) is 10.2. The molecule has 3 heteroatoms. The second kappa shape index (κ2) is 12.0. The van der Waals surface area contributed by atoms with E-state index < -0.39 is 0 Å². The number of nitrogens with one attached hydrogen (secondary N) is 1. The van der Waals surface area contributed by atoms with Crippen molar-refractivity contribution in [2.75, 3.05) is 37.8 Å². The van der Waals surface area contributed by atoms with E-state index in [-0.39, 0.29) is 0 Å². The minimum atomic E-state index is 0.833. The van der Waals surface area contributed by atoms with Crippen LogP contribution in [0.2, 0.25) is 0 Å². The maximum Gasteiger partial charge on any atom is 0.0590 e. The predicted octanol–water partition coefficient (Wildman–Crippen LogP) is 1.92. The Morgan fingerprint density at radius 3 is 2.92 bits per heavy atom. The van der Waals surface area contributed by atoms with Crippen molar-refractivity contribution in [2.24, 2.45) is 0 Å². The Morgan fingerprint density at radius 2 is 2.23 bits per heavy atom. The van der Waals surface area contributed by atoms with Gasteiger partial charge in [-0.1, -0.05) is 13.0 Å². The van der Waals surface area contributed by atoms with E-state index in [2.05, 4.69) is 18.8 Å². The fourth-order valence-electron chi connectivity index (χ4n) is 0.827. The fraction of sp³-hybridized carbons (Fsp3) is 0.800. The second-order valence-corrected chi connectivity index (χ2v) is 3.88. The van der Waals surface area contributed by atoms with Crippen LogP contribution in [0.1, 0.15) is 13.3 Å². The molecule has 0 saturated heterocycles. The van der Waals surface area contributed by atoms with Crippen molar-refractivity contribution < 1.29 is 4.74 Å². The molecule has 0 aliphatic rings. The van der Waals surface area contributed by atoms with Gasteiger partial charge in [0.25, 0.3) is 0 Å². The largest absolute Gasteiger partial charge is 0.380 e. The Bertz CT molecular complexity index is 109. The van der Waals surface area contributed by atoms with Gasteiger partial charge in [0, 0.05) is 31.2 Å². The van der Waals surface area contributed by atoms with Crippen molar-refractivity contribution in [1.82, 2.24) is 5.32 Å². The maximum absolute atomic E-state index is 5.33. The molecule has 0 aromatic heterocycles. The summed E-state index contributed by atoms with van der Waals surface area (Å²) in [6, 6.07) is 0. The Labute approximate surface area is 86.1 Å². The first-order valence-corrected chi connectivity index (χ1v) is 6.04. The Hall–Kier alpha value is 0.01000. The van der Waals surface area contributed by atoms with Crippen LogP contribution in [0, 0.1) is 0 Å². The molecule has 0 aliphatic heterocycles. The molecule has 0 unspecified atom stereocenters. The van der Waals surface area contributed by atoms with Crippen LogP contribution in [0.3, 0.4) is 0 Å². The summed E-state index contributed by atoms with van der Waals surface area (Å²) in [5.74, 6) is 2.20. The van der Waals surface area contributed by atoms with Crippen molar-refractivity contribution in [2.45, 2.75) is 13.3 Å². The summed E-state index contributed by atoms with van der Waals surface area (Å²) in [6.07, 6.45) is 3.05. The highest BCUT2D eigenvalue weighted by atomic mass is 32.2. The molecule has 0 fully saturated rings. The molecule has 0 amide bonds. The van der Waals surface area contributed by atoms with Gasteiger partial charge in [-0.15, -0.1) is 6.58 Å². The van der Waals surface area contributed by atoms with Crippen LogP contribution >= 0.6 is 11.8 Å². The Balaban J connectivity index is 2.79. The lowest BCUT2D eigenvalue weighted by Crippen LogP contribution is -2.22. The molecule has 2 nitrogen and oxygen atoms in total. The van der Waals surface area contributed by atoms with Crippen LogP contribution < -0.4 is 5.32 Å². The number of hydrogen-bond donors (Lipinski definition) is 1. The quantitative estimate of drug-likeness (QED) is 0.433. The third kappa shape index (κ3) is 12.0. The predicted molar refractivity (Wildman–Crippen MR) is 61.5 cm³/mol. The van der Waals surface area contributed by atoms with Crippen LogP contribution in [-0.4, -0.2) is 37.8 Å². The van der Waals surface area contributed by atoms with E-state index in [1.807, 2.05) is 17.8 Å². The molecule has 0 aromatic carbocycles. The first kappa shape index (κ1) is 13.0. The zero-order chi connectivity index (χ0) is 9.78. The minimum Gasteiger partial charge on any atom is -0.380 e. The summed E-state index contributed by atoms with van der Waals surface area (Å²) in [7, 11) is 0. The highest BCUT2D eigenvalue weighted by Gasteiger charge is 1.88. The van der Waals surface area contributed by atoms with Crippen LogP contribution in [-0.2, 0) is 4.74 Å². The van der Waals surface area contributed by atoms with Gasteiger partial charge < -0.3 is 10.1 Å². The van der Waals surface area contributed by atoms with Gasteiger partial charge in [0.15, 0.2) is 0 Å². The van der Waals surface area contributed by atoms with E-state index in [9.17, 15) is 0 Å². The summed E-state index contributed by atoms with van der Waals surface area (Å²) in [4.78, 5) is 0. The molecule has 0 rings (SSSR count). The Kier molecular flexibility index (Phi) is 12.0. The molecule has 0 radical (unpaired) electrons. The molecular formula is C10H21NOS. The standard InChI is InChI=1S/C10H21NOS/c1-3-7-12-8-5-11-6-10-13-9-4-2/h4,11H,2-3,5-10H2,1H3. The average Bonchev–Trinajstić information content (AvgIpc) is 2.16. The molecule has 0 bridgehead atoms. The molecule has 0 aromatic rings. The number of ether oxygens (including phenoxy) is 1. The highest BCUT2D eigenvalue weighted by Crippen LogP contribution is 1.96. The van der Waals surface area contributed by atoms with Gasteiger partial charge >= 0.3 is 0 Å². The monoisotopic (exact) mass is 203 g/mol. The lowest BCUT2D eigenvalue weighted by Gasteiger charge is -2.04.